The van der Waals surface area contributed by atoms with Gasteiger partial charge in [0.25, 0.3) is 0 Å². The molecule has 0 saturated carbocycles. The molecule has 1 atom stereocenters. The molecule has 1 aromatic carbocycles. The van der Waals surface area contributed by atoms with Gasteiger partial charge < -0.3 is 14.6 Å². The van der Waals surface area contributed by atoms with Crippen LogP contribution >= 0.6 is 0 Å². The van der Waals surface area contributed by atoms with E-state index in [1.165, 1.54) is 0 Å². The van der Waals surface area contributed by atoms with Gasteiger partial charge in [0.15, 0.2) is 0 Å². The number of benzene rings is 1. The summed E-state index contributed by atoms with van der Waals surface area (Å²) in [5.74, 6) is -0.174. The number of carboxylic acids is 1. The van der Waals surface area contributed by atoms with Gasteiger partial charge in [-0.2, -0.15) is 0 Å². The van der Waals surface area contributed by atoms with E-state index < -0.39 is 5.97 Å². The van der Waals surface area contributed by atoms with E-state index >= 15 is 0 Å². The summed E-state index contributed by atoms with van der Waals surface area (Å²) in [4.78, 5) is 10.4. The second kappa shape index (κ2) is 6.21. The summed E-state index contributed by atoms with van der Waals surface area (Å²) in [5.41, 5.74) is 0.835. The Bertz CT molecular complexity index is 416. The van der Waals surface area contributed by atoms with Crippen LogP contribution in [-0.2, 0) is 9.53 Å². The highest BCUT2D eigenvalue weighted by Gasteiger charge is 2.15. The van der Waals surface area contributed by atoms with Crippen molar-refractivity contribution in [2.75, 3.05) is 13.2 Å². The molecule has 1 unspecified atom stereocenters. The van der Waals surface area contributed by atoms with Gasteiger partial charge in [-0.15, -0.1) is 0 Å². The van der Waals surface area contributed by atoms with Crippen LogP contribution in [0.1, 0.15) is 18.4 Å². The Balaban J connectivity index is 1.85. The van der Waals surface area contributed by atoms with E-state index in [-0.39, 0.29) is 6.10 Å². The summed E-state index contributed by atoms with van der Waals surface area (Å²) in [5, 5.41) is 8.51. The van der Waals surface area contributed by atoms with Gasteiger partial charge in [0.1, 0.15) is 12.4 Å². The maximum Gasteiger partial charge on any atom is 0.328 e. The van der Waals surface area contributed by atoms with Gasteiger partial charge in [-0.05, 0) is 36.6 Å². The largest absolute Gasteiger partial charge is 0.491 e. The van der Waals surface area contributed by atoms with Crippen LogP contribution in [0.4, 0.5) is 0 Å². The standard InChI is InChI=1S/C14H16O4/c15-14(16)8-5-11-3-6-12(7-4-11)18-10-13-2-1-9-17-13/h3-8,13H,1-2,9-10H2,(H,15,16)/b8-5+. The van der Waals surface area contributed by atoms with Crippen LogP contribution in [0.25, 0.3) is 6.08 Å². The number of hydrogen-bond acceptors (Lipinski definition) is 3. The van der Waals surface area contributed by atoms with E-state index in [1.54, 1.807) is 6.08 Å². The lowest BCUT2D eigenvalue weighted by Crippen LogP contribution is -2.16. The molecule has 4 nitrogen and oxygen atoms in total. The zero-order valence-electron chi connectivity index (χ0n) is 10.0. The third kappa shape index (κ3) is 3.89. The maximum absolute atomic E-state index is 10.4. The number of ether oxygens (including phenoxy) is 2. The molecule has 1 aliphatic rings. The zero-order chi connectivity index (χ0) is 12.8. The molecule has 1 aromatic rings. The fourth-order valence-electron chi connectivity index (χ4n) is 1.81. The molecule has 2 rings (SSSR count). The van der Waals surface area contributed by atoms with Crippen molar-refractivity contribution in [3.8, 4) is 5.75 Å². The van der Waals surface area contributed by atoms with Crippen molar-refractivity contribution in [1.29, 1.82) is 0 Å². The Kier molecular flexibility index (Phi) is 4.36. The molecule has 0 radical (unpaired) electrons. The molecule has 0 aromatic heterocycles. The van der Waals surface area contributed by atoms with E-state index in [0.29, 0.717) is 6.61 Å². The summed E-state index contributed by atoms with van der Waals surface area (Å²) in [7, 11) is 0. The van der Waals surface area contributed by atoms with Crippen LogP contribution in [0.3, 0.4) is 0 Å². The van der Waals surface area contributed by atoms with E-state index in [9.17, 15) is 4.79 Å². The molecule has 0 amide bonds. The molecule has 1 N–H and O–H groups in total. The lowest BCUT2D eigenvalue weighted by molar-refractivity contribution is -0.131. The van der Waals surface area contributed by atoms with Crippen molar-refractivity contribution in [1.82, 2.24) is 0 Å². The predicted octanol–water partition coefficient (Wildman–Crippen LogP) is 2.34. The van der Waals surface area contributed by atoms with Crippen molar-refractivity contribution < 1.29 is 19.4 Å². The SMILES string of the molecule is O=C(O)/C=C/c1ccc(OCC2CCCO2)cc1. The second-order valence-electron chi connectivity index (χ2n) is 4.19. The highest BCUT2D eigenvalue weighted by molar-refractivity contribution is 5.85. The van der Waals surface area contributed by atoms with Gasteiger partial charge in [-0.3, -0.25) is 0 Å². The molecule has 1 heterocycles. The van der Waals surface area contributed by atoms with Crippen LogP contribution in [0.5, 0.6) is 5.75 Å². The van der Waals surface area contributed by atoms with E-state index in [4.69, 9.17) is 14.6 Å². The normalized spacial score (nSPS) is 19.2. The van der Waals surface area contributed by atoms with Crippen molar-refractivity contribution in [3.63, 3.8) is 0 Å². The van der Waals surface area contributed by atoms with Crippen LogP contribution in [0.15, 0.2) is 30.3 Å². The average molecular weight is 248 g/mol. The van der Waals surface area contributed by atoms with Crippen molar-refractivity contribution >= 4 is 12.0 Å². The third-order valence-electron chi connectivity index (χ3n) is 2.76. The summed E-state index contributed by atoms with van der Waals surface area (Å²) < 4.78 is 11.1. The van der Waals surface area contributed by atoms with E-state index in [2.05, 4.69) is 0 Å². The topological polar surface area (TPSA) is 55.8 Å². The van der Waals surface area contributed by atoms with Gasteiger partial charge in [0, 0.05) is 12.7 Å². The van der Waals surface area contributed by atoms with Crippen molar-refractivity contribution in [2.45, 2.75) is 18.9 Å². The first kappa shape index (κ1) is 12.6. The molecule has 4 heteroatoms. The fourth-order valence-corrected chi connectivity index (χ4v) is 1.81. The van der Waals surface area contributed by atoms with Crippen molar-refractivity contribution in [3.05, 3.63) is 35.9 Å². The monoisotopic (exact) mass is 248 g/mol. The predicted molar refractivity (Wildman–Crippen MR) is 67.6 cm³/mol. The number of rotatable bonds is 5. The lowest BCUT2D eigenvalue weighted by Gasteiger charge is -2.11. The molecule has 96 valence electrons. The molecule has 0 spiro atoms. The molecule has 1 fully saturated rings. The summed E-state index contributed by atoms with van der Waals surface area (Å²) in [6.45, 7) is 1.40. The third-order valence-corrected chi connectivity index (χ3v) is 2.76. The first-order chi connectivity index (χ1) is 8.74. The highest BCUT2D eigenvalue weighted by atomic mass is 16.5. The van der Waals surface area contributed by atoms with E-state index in [0.717, 1.165) is 36.8 Å². The average Bonchev–Trinajstić information content (AvgIpc) is 2.88. The molecule has 1 aliphatic heterocycles. The summed E-state index contributed by atoms with van der Waals surface area (Å²) in [6, 6.07) is 7.31. The second-order valence-corrected chi connectivity index (χ2v) is 4.19. The van der Waals surface area contributed by atoms with Gasteiger partial charge in [0.05, 0.1) is 6.10 Å². The molecule has 0 bridgehead atoms. The van der Waals surface area contributed by atoms with Crippen LogP contribution < -0.4 is 4.74 Å². The lowest BCUT2D eigenvalue weighted by atomic mass is 10.2. The summed E-state index contributed by atoms with van der Waals surface area (Å²) in [6.07, 6.45) is 5.03. The molecule has 1 saturated heterocycles. The maximum atomic E-state index is 10.4. The zero-order valence-corrected chi connectivity index (χ0v) is 10.0. The molecular formula is C14H16O4. The number of carbonyl (C=O) groups is 1. The number of aliphatic carboxylic acids is 1. The highest BCUT2D eigenvalue weighted by Crippen LogP contribution is 2.17. The van der Waals surface area contributed by atoms with Crippen LogP contribution in [-0.4, -0.2) is 30.4 Å². The molecular weight excluding hydrogens is 232 g/mol. The Labute approximate surface area is 106 Å². The molecule has 18 heavy (non-hydrogen) atoms. The minimum absolute atomic E-state index is 0.205. The Morgan fingerprint density at radius 2 is 2.22 bits per heavy atom. The molecule has 0 aliphatic carbocycles. The van der Waals surface area contributed by atoms with Gasteiger partial charge >= 0.3 is 5.97 Å². The quantitative estimate of drug-likeness (QED) is 0.813. The number of carboxylic acid groups (broad SMARTS) is 1. The van der Waals surface area contributed by atoms with Crippen LogP contribution in [0.2, 0.25) is 0 Å². The fraction of sp³-hybridized carbons (Fsp3) is 0.357. The summed E-state index contributed by atoms with van der Waals surface area (Å²) >= 11 is 0. The van der Waals surface area contributed by atoms with Gasteiger partial charge in [-0.1, -0.05) is 12.1 Å². The van der Waals surface area contributed by atoms with Gasteiger partial charge in [-0.25, -0.2) is 4.79 Å². The first-order valence-corrected chi connectivity index (χ1v) is 5.99. The number of hydrogen-bond donors (Lipinski definition) is 1. The minimum Gasteiger partial charge on any atom is -0.491 e. The van der Waals surface area contributed by atoms with E-state index in [1.807, 2.05) is 24.3 Å². The van der Waals surface area contributed by atoms with Gasteiger partial charge in [0.2, 0.25) is 0 Å². The first-order valence-electron chi connectivity index (χ1n) is 5.99. The Hall–Kier alpha value is -1.81. The minimum atomic E-state index is -0.950. The van der Waals surface area contributed by atoms with Crippen LogP contribution in [0, 0.1) is 0 Å². The van der Waals surface area contributed by atoms with Crippen molar-refractivity contribution in [2.24, 2.45) is 0 Å². The Morgan fingerprint density at radius 1 is 1.44 bits per heavy atom. The Morgan fingerprint density at radius 3 is 2.83 bits per heavy atom. The smallest absolute Gasteiger partial charge is 0.328 e.